The lowest BCUT2D eigenvalue weighted by Crippen LogP contribution is -2.17. The maximum absolute atomic E-state index is 6.05. The predicted molar refractivity (Wildman–Crippen MR) is 90.4 cm³/mol. The first-order valence-corrected chi connectivity index (χ1v) is 8.20. The summed E-state index contributed by atoms with van der Waals surface area (Å²) in [5, 5.41) is 0. The van der Waals surface area contributed by atoms with E-state index < -0.39 is 0 Å². The number of rotatable bonds is 5. The van der Waals surface area contributed by atoms with Gasteiger partial charge in [0.1, 0.15) is 18.1 Å². The third-order valence-corrected chi connectivity index (χ3v) is 4.26. The molecule has 0 unspecified atom stereocenters. The Labute approximate surface area is 140 Å². The lowest BCUT2D eigenvalue weighted by molar-refractivity contribution is 0.0679. The predicted octanol–water partition coefficient (Wildman–Crippen LogP) is 3.13. The van der Waals surface area contributed by atoms with Crippen molar-refractivity contribution in [3.63, 3.8) is 0 Å². The van der Waals surface area contributed by atoms with Crippen LogP contribution in [0.4, 0.5) is 0 Å². The monoisotopic (exact) mass is 324 g/mol. The van der Waals surface area contributed by atoms with Crippen molar-refractivity contribution >= 4 is 0 Å². The number of hydrogen-bond acceptors (Lipinski definition) is 4. The van der Waals surface area contributed by atoms with Gasteiger partial charge < -0.3 is 14.5 Å². The molecule has 1 aliphatic rings. The van der Waals surface area contributed by atoms with E-state index in [9.17, 15) is 0 Å². The van der Waals surface area contributed by atoms with Crippen molar-refractivity contribution in [3.05, 3.63) is 48.7 Å². The molecule has 1 fully saturated rings. The maximum atomic E-state index is 6.05. The average molecular weight is 324 g/mol. The van der Waals surface area contributed by atoms with Gasteiger partial charge in [-0.2, -0.15) is 0 Å². The zero-order valence-corrected chi connectivity index (χ0v) is 13.6. The van der Waals surface area contributed by atoms with Crippen LogP contribution in [0.5, 0.6) is 5.75 Å². The molecule has 124 valence electrons. The Morgan fingerprint density at radius 3 is 3.04 bits per heavy atom. The first-order chi connectivity index (χ1) is 11.8. The van der Waals surface area contributed by atoms with Crippen LogP contribution in [0.15, 0.2) is 43.0 Å². The zero-order valence-electron chi connectivity index (χ0n) is 13.6. The lowest BCUT2D eigenvalue weighted by Gasteiger charge is -2.16. The van der Waals surface area contributed by atoms with E-state index in [4.69, 9.17) is 9.47 Å². The average Bonchev–Trinajstić information content (AvgIpc) is 3.34. The molecular weight excluding hydrogens is 304 g/mol. The molecule has 1 saturated heterocycles. The van der Waals surface area contributed by atoms with E-state index in [1.54, 1.807) is 12.5 Å². The third kappa shape index (κ3) is 2.80. The first kappa shape index (κ1) is 15.0. The summed E-state index contributed by atoms with van der Waals surface area (Å²) in [7, 11) is 0. The Balaban J connectivity index is 1.65. The van der Waals surface area contributed by atoms with Gasteiger partial charge in [-0.1, -0.05) is 12.1 Å². The van der Waals surface area contributed by atoms with Crippen molar-refractivity contribution in [2.45, 2.75) is 25.9 Å². The number of H-pyrrole nitrogens is 1. The molecule has 6 heteroatoms. The van der Waals surface area contributed by atoms with Gasteiger partial charge in [0.05, 0.1) is 18.1 Å². The van der Waals surface area contributed by atoms with E-state index in [1.807, 2.05) is 42.0 Å². The maximum Gasteiger partial charge on any atom is 0.165 e. The fourth-order valence-corrected chi connectivity index (χ4v) is 2.99. The molecule has 0 saturated carbocycles. The third-order valence-electron chi connectivity index (χ3n) is 4.26. The van der Waals surface area contributed by atoms with E-state index in [0.29, 0.717) is 6.61 Å². The second kappa shape index (κ2) is 6.49. The van der Waals surface area contributed by atoms with Gasteiger partial charge in [0.15, 0.2) is 5.82 Å². The van der Waals surface area contributed by atoms with Gasteiger partial charge in [-0.05, 0) is 31.9 Å². The Kier molecular flexibility index (Phi) is 4.04. The summed E-state index contributed by atoms with van der Waals surface area (Å²) in [6.45, 7) is 3.39. The van der Waals surface area contributed by atoms with Gasteiger partial charge in [0.2, 0.25) is 0 Å². The van der Waals surface area contributed by atoms with Crippen LogP contribution in [0.1, 0.15) is 18.5 Å². The highest BCUT2D eigenvalue weighted by Gasteiger charge is 2.18. The quantitative estimate of drug-likeness (QED) is 0.783. The number of hydrogen-bond donors (Lipinski definition) is 1. The van der Waals surface area contributed by atoms with E-state index in [2.05, 4.69) is 15.0 Å². The van der Waals surface area contributed by atoms with Crippen LogP contribution >= 0.6 is 0 Å². The van der Waals surface area contributed by atoms with Crippen molar-refractivity contribution in [2.24, 2.45) is 0 Å². The number of nitrogens with one attached hydrogen (secondary N) is 1. The summed E-state index contributed by atoms with van der Waals surface area (Å²) in [5.41, 5.74) is 2.78. The van der Waals surface area contributed by atoms with Crippen LogP contribution in [0.3, 0.4) is 0 Å². The van der Waals surface area contributed by atoms with Crippen LogP contribution in [-0.2, 0) is 4.74 Å². The summed E-state index contributed by atoms with van der Waals surface area (Å²) in [6, 6.07) is 7.98. The van der Waals surface area contributed by atoms with E-state index in [1.165, 1.54) is 0 Å². The fraction of sp³-hybridized carbons (Fsp3) is 0.333. The van der Waals surface area contributed by atoms with Gasteiger partial charge in [-0.15, -0.1) is 0 Å². The zero-order chi connectivity index (χ0) is 16.4. The second-order valence-corrected chi connectivity index (χ2v) is 5.91. The van der Waals surface area contributed by atoms with Crippen molar-refractivity contribution < 1.29 is 9.47 Å². The number of nitrogens with zero attached hydrogens (tertiary/aromatic N) is 3. The highest BCUT2D eigenvalue weighted by molar-refractivity contribution is 5.59. The molecule has 1 N–H and O–H groups in total. The molecule has 0 bridgehead atoms. The number of imidazole rings is 2. The standard InChI is InChI=1S/C18H20N4O2/c1-13-17(21-12-20-13)18-19-8-9-22(18)15-6-2-3-7-16(15)24-11-14-5-4-10-23-14/h2-3,6-9,12,14H,4-5,10-11H2,1H3,(H,20,21)/t14-/m0/s1. The molecule has 0 radical (unpaired) electrons. The molecule has 1 aromatic carbocycles. The number of para-hydroxylation sites is 2. The van der Waals surface area contributed by atoms with Crippen LogP contribution in [0.2, 0.25) is 0 Å². The van der Waals surface area contributed by atoms with Gasteiger partial charge in [0.25, 0.3) is 0 Å². The van der Waals surface area contributed by atoms with Gasteiger partial charge >= 0.3 is 0 Å². The fourth-order valence-electron chi connectivity index (χ4n) is 2.99. The van der Waals surface area contributed by atoms with E-state index in [0.717, 1.165) is 48.1 Å². The molecular formula is C18H20N4O2. The van der Waals surface area contributed by atoms with Crippen LogP contribution in [0.25, 0.3) is 17.2 Å². The number of aryl methyl sites for hydroxylation is 1. The molecule has 3 aromatic rings. The van der Waals surface area contributed by atoms with Gasteiger partial charge in [-0.3, -0.25) is 4.57 Å². The molecule has 1 atom stereocenters. The van der Waals surface area contributed by atoms with Crippen LogP contribution in [0, 0.1) is 6.92 Å². The molecule has 1 aliphatic heterocycles. The minimum atomic E-state index is 0.189. The molecule has 0 amide bonds. The highest BCUT2D eigenvalue weighted by Crippen LogP contribution is 2.28. The van der Waals surface area contributed by atoms with Crippen molar-refractivity contribution in [1.82, 2.24) is 19.5 Å². The largest absolute Gasteiger partial charge is 0.489 e. The number of benzene rings is 1. The van der Waals surface area contributed by atoms with Gasteiger partial charge in [0, 0.05) is 24.7 Å². The smallest absolute Gasteiger partial charge is 0.165 e. The van der Waals surface area contributed by atoms with Crippen molar-refractivity contribution in [2.75, 3.05) is 13.2 Å². The van der Waals surface area contributed by atoms with Crippen molar-refractivity contribution in [3.8, 4) is 23.0 Å². The van der Waals surface area contributed by atoms with Crippen molar-refractivity contribution in [1.29, 1.82) is 0 Å². The summed E-state index contributed by atoms with van der Waals surface area (Å²) in [5.74, 6) is 1.61. The molecule has 24 heavy (non-hydrogen) atoms. The molecule has 6 nitrogen and oxygen atoms in total. The normalized spacial score (nSPS) is 17.3. The van der Waals surface area contributed by atoms with Crippen LogP contribution < -0.4 is 4.74 Å². The molecule has 2 aromatic heterocycles. The molecule has 0 spiro atoms. The van der Waals surface area contributed by atoms with E-state index in [-0.39, 0.29) is 6.10 Å². The Hall–Kier alpha value is -2.60. The second-order valence-electron chi connectivity index (χ2n) is 5.91. The number of aromatic amines is 1. The van der Waals surface area contributed by atoms with Gasteiger partial charge in [-0.25, -0.2) is 9.97 Å². The first-order valence-electron chi connectivity index (χ1n) is 8.20. The molecule has 0 aliphatic carbocycles. The number of ether oxygens (including phenoxy) is 2. The minimum Gasteiger partial charge on any atom is -0.489 e. The summed E-state index contributed by atoms with van der Waals surface area (Å²) < 4.78 is 13.7. The Morgan fingerprint density at radius 1 is 1.33 bits per heavy atom. The number of aromatic nitrogens is 4. The minimum absolute atomic E-state index is 0.189. The lowest BCUT2D eigenvalue weighted by atomic mass is 10.2. The topological polar surface area (TPSA) is 65.0 Å². The summed E-state index contributed by atoms with van der Waals surface area (Å²) in [4.78, 5) is 12.0. The van der Waals surface area contributed by atoms with Crippen LogP contribution in [-0.4, -0.2) is 38.8 Å². The summed E-state index contributed by atoms with van der Waals surface area (Å²) in [6.07, 6.45) is 7.75. The summed E-state index contributed by atoms with van der Waals surface area (Å²) >= 11 is 0. The van der Waals surface area contributed by atoms with E-state index >= 15 is 0 Å². The molecule has 3 heterocycles. The Morgan fingerprint density at radius 2 is 2.25 bits per heavy atom. The highest BCUT2D eigenvalue weighted by atomic mass is 16.5. The Bertz CT molecular complexity index is 818. The molecule has 4 rings (SSSR count). The SMILES string of the molecule is Cc1[nH]cnc1-c1nccn1-c1ccccc1OC[C@@H]1CCCO1.